The van der Waals surface area contributed by atoms with Gasteiger partial charge >= 0.3 is 0 Å². The Kier molecular flexibility index (Phi) is 7.90. The highest BCUT2D eigenvalue weighted by atomic mass is 32.1. The first-order chi connectivity index (χ1) is 33.8. The zero-order valence-corrected chi connectivity index (χ0v) is 37.7. The van der Waals surface area contributed by atoms with Crippen molar-refractivity contribution in [2.24, 2.45) is 0 Å². The van der Waals surface area contributed by atoms with Crippen molar-refractivity contribution in [3.63, 3.8) is 0 Å². The Bertz CT molecular complexity index is 4190. The molecule has 0 amide bonds. The minimum absolute atomic E-state index is 0.477. The predicted octanol–water partition coefficient (Wildman–Crippen LogP) is 17.8. The maximum Gasteiger partial charge on any atom is 0.0726 e. The number of rotatable bonds is 5. The van der Waals surface area contributed by atoms with Crippen LogP contribution in [0.2, 0.25) is 0 Å². The van der Waals surface area contributed by atoms with Gasteiger partial charge in [0, 0.05) is 59.0 Å². The van der Waals surface area contributed by atoms with Gasteiger partial charge in [-0.15, -0.1) is 11.3 Å². The zero-order chi connectivity index (χ0) is 44.5. The van der Waals surface area contributed by atoms with Crippen LogP contribution in [-0.2, 0) is 5.41 Å². The molecule has 68 heavy (non-hydrogen) atoms. The molecule has 1 unspecified atom stereocenters. The van der Waals surface area contributed by atoms with Crippen LogP contribution in [-0.4, -0.2) is 4.57 Å². The van der Waals surface area contributed by atoms with Crippen LogP contribution in [0.4, 0.5) is 17.1 Å². The lowest BCUT2D eigenvalue weighted by molar-refractivity contribution is 0.795. The van der Waals surface area contributed by atoms with Crippen LogP contribution < -0.4 is 4.90 Å². The van der Waals surface area contributed by atoms with Crippen molar-refractivity contribution in [1.29, 1.82) is 0 Å². The van der Waals surface area contributed by atoms with E-state index in [4.69, 9.17) is 0 Å². The summed E-state index contributed by atoms with van der Waals surface area (Å²) in [6.45, 7) is 0. The molecule has 3 heteroatoms. The second-order valence-electron chi connectivity index (χ2n) is 18.3. The molecule has 2 heterocycles. The number of para-hydroxylation sites is 3. The van der Waals surface area contributed by atoms with E-state index in [1.807, 2.05) is 11.3 Å². The van der Waals surface area contributed by atoms with Crippen molar-refractivity contribution in [3.05, 3.63) is 265 Å². The van der Waals surface area contributed by atoms with Crippen LogP contribution in [0.3, 0.4) is 0 Å². The third kappa shape index (κ3) is 5.06. The Morgan fingerprint density at radius 1 is 0.368 bits per heavy atom. The molecule has 2 aromatic heterocycles. The molecule has 316 valence electrons. The predicted molar refractivity (Wildman–Crippen MR) is 288 cm³/mol. The van der Waals surface area contributed by atoms with Gasteiger partial charge in [-0.1, -0.05) is 182 Å². The van der Waals surface area contributed by atoms with E-state index in [-0.39, 0.29) is 0 Å². The van der Waals surface area contributed by atoms with Crippen LogP contribution >= 0.6 is 11.3 Å². The number of hydrogen-bond donors (Lipinski definition) is 0. The smallest absolute Gasteiger partial charge is 0.0726 e. The summed E-state index contributed by atoms with van der Waals surface area (Å²) < 4.78 is 5.14. The molecular formula is C65H40N2S. The van der Waals surface area contributed by atoms with E-state index in [1.54, 1.807) is 0 Å². The second-order valence-corrected chi connectivity index (χ2v) is 19.3. The number of nitrogens with zero attached hydrogens (tertiary/aromatic N) is 2. The van der Waals surface area contributed by atoms with Crippen molar-refractivity contribution >= 4 is 81.1 Å². The molecule has 1 spiro atoms. The average Bonchev–Trinajstić information content (AvgIpc) is 4.13. The van der Waals surface area contributed by atoms with E-state index in [0.29, 0.717) is 0 Å². The standard InChI is InChI=1S/C65H40N2S/c1-3-18-44(19-4-1)66(58-29-15-17-42-16-7-8-22-47(42)58)46-33-30-41(31-34-46)43-32-35-49-48-23-9-12-26-54(48)65(57(49)40-43)55-27-13-10-24-52(55)61-56(65)38-36-50-51-37-39-60-62(64(51)68-63(50)61)53-25-11-14-28-59(53)67(60)45-20-5-2-6-21-45/h1-40H. The van der Waals surface area contributed by atoms with Gasteiger partial charge in [0.2, 0.25) is 0 Å². The molecule has 0 saturated heterocycles. The van der Waals surface area contributed by atoms with Gasteiger partial charge in [0.15, 0.2) is 0 Å². The fourth-order valence-corrected chi connectivity index (χ4v) is 13.6. The third-order valence-electron chi connectivity index (χ3n) is 15.0. The monoisotopic (exact) mass is 880 g/mol. The van der Waals surface area contributed by atoms with Gasteiger partial charge in [-0.25, -0.2) is 0 Å². The average molecular weight is 881 g/mol. The van der Waals surface area contributed by atoms with Crippen molar-refractivity contribution in [3.8, 4) is 39.1 Å². The van der Waals surface area contributed by atoms with Crippen LogP contribution in [0.25, 0.3) is 91.8 Å². The topological polar surface area (TPSA) is 8.17 Å². The molecule has 2 nitrogen and oxygen atoms in total. The Morgan fingerprint density at radius 2 is 0.985 bits per heavy atom. The Balaban J connectivity index is 0.927. The summed E-state index contributed by atoms with van der Waals surface area (Å²) in [6.07, 6.45) is 0. The summed E-state index contributed by atoms with van der Waals surface area (Å²) in [7, 11) is 0. The van der Waals surface area contributed by atoms with Crippen molar-refractivity contribution < 1.29 is 0 Å². The third-order valence-corrected chi connectivity index (χ3v) is 16.2. The Morgan fingerprint density at radius 3 is 1.82 bits per heavy atom. The number of fused-ring (bicyclic) bond motifs is 19. The first-order valence-electron chi connectivity index (χ1n) is 23.5. The van der Waals surface area contributed by atoms with Crippen molar-refractivity contribution in [2.75, 3.05) is 4.90 Å². The van der Waals surface area contributed by atoms with E-state index < -0.39 is 5.41 Å². The van der Waals surface area contributed by atoms with E-state index in [2.05, 4.69) is 252 Å². The maximum atomic E-state index is 2.51. The fraction of sp³-hybridized carbons (Fsp3) is 0.0154. The molecule has 15 rings (SSSR count). The minimum atomic E-state index is -0.477. The zero-order valence-electron chi connectivity index (χ0n) is 36.9. The van der Waals surface area contributed by atoms with Crippen LogP contribution in [0.5, 0.6) is 0 Å². The molecule has 0 saturated carbocycles. The van der Waals surface area contributed by atoms with Crippen LogP contribution in [0, 0.1) is 0 Å². The highest BCUT2D eigenvalue weighted by Crippen LogP contribution is 2.65. The molecule has 2 aliphatic rings. The van der Waals surface area contributed by atoms with Gasteiger partial charge < -0.3 is 9.47 Å². The molecule has 0 fully saturated rings. The highest BCUT2D eigenvalue weighted by molar-refractivity contribution is 7.27. The molecule has 0 N–H and O–H groups in total. The molecule has 2 aliphatic carbocycles. The van der Waals surface area contributed by atoms with E-state index in [9.17, 15) is 0 Å². The summed E-state index contributed by atoms with van der Waals surface area (Å²) in [5, 5.41) is 7.71. The minimum Gasteiger partial charge on any atom is -0.310 e. The summed E-state index contributed by atoms with van der Waals surface area (Å²) in [4.78, 5) is 2.38. The quantitative estimate of drug-likeness (QED) is 0.167. The van der Waals surface area contributed by atoms with E-state index in [1.165, 1.54) is 114 Å². The molecule has 0 bridgehead atoms. The van der Waals surface area contributed by atoms with Gasteiger partial charge in [-0.3, -0.25) is 0 Å². The fourth-order valence-electron chi connectivity index (χ4n) is 12.2. The first kappa shape index (κ1) is 37.7. The van der Waals surface area contributed by atoms with Gasteiger partial charge in [-0.2, -0.15) is 0 Å². The number of aromatic nitrogens is 1. The maximum absolute atomic E-state index is 2.51. The van der Waals surface area contributed by atoms with Crippen LogP contribution in [0.1, 0.15) is 22.3 Å². The summed E-state index contributed by atoms with van der Waals surface area (Å²) >= 11 is 1.97. The summed E-state index contributed by atoms with van der Waals surface area (Å²) in [5.41, 5.74) is 19.7. The number of thiophene rings is 1. The lowest BCUT2D eigenvalue weighted by atomic mass is 9.70. The number of hydrogen-bond acceptors (Lipinski definition) is 2. The lowest BCUT2D eigenvalue weighted by Crippen LogP contribution is -2.25. The Hall–Kier alpha value is -8.50. The molecule has 0 aliphatic heterocycles. The second kappa shape index (κ2) is 14.3. The SMILES string of the molecule is c1ccc(N(c2ccc(-c3ccc4c(c3)C3(c5ccccc5-4)c4ccccc4-c4c3ccc3c4sc4c3ccc3c4c4ccccc4n3-c3ccccc3)cc2)c2cccc3ccccc23)cc1. The van der Waals surface area contributed by atoms with Gasteiger partial charge in [0.05, 0.1) is 22.1 Å². The van der Waals surface area contributed by atoms with Gasteiger partial charge in [0.25, 0.3) is 0 Å². The van der Waals surface area contributed by atoms with Crippen LogP contribution in [0.15, 0.2) is 243 Å². The summed E-state index contributed by atoms with van der Waals surface area (Å²) in [5.74, 6) is 0. The molecule has 1 atom stereocenters. The number of benzene rings is 11. The molecular weight excluding hydrogens is 841 g/mol. The van der Waals surface area contributed by atoms with Gasteiger partial charge in [-0.05, 0) is 116 Å². The Labute approximate surface area is 397 Å². The normalized spacial score (nSPS) is 14.5. The number of anilines is 3. The van der Waals surface area contributed by atoms with Crippen molar-refractivity contribution in [2.45, 2.75) is 5.41 Å². The molecule has 0 radical (unpaired) electrons. The first-order valence-corrected chi connectivity index (χ1v) is 24.3. The lowest BCUT2D eigenvalue weighted by Gasteiger charge is -2.30. The summed E-state index contributed by atoms with van der Waals surface area (Å²) in [6, 6.07) is 90.1. The van der Waals surface area contributed by atoms with E-state index in [0.717, 1.165) is 17.1 Å². The van der Waals surface area contributed by atoms with E-state index >= 15 is 0 Å². The molecule has 13 aromatic rings. The molecule has 11 aromatic carbocycles. The van der Waals surface area contributed by atoms with Gasteiger partial charge in [0.1, 0.15) is 0 Å². The van der Waals surface area contributed by atoms with Crippen molar-refractivity contribution in [1.82, 2.24) is 4.57 Å². The highest BCUT2D eigenvalue weighted by Gasteiger charge is 2.52. The largest absolute Gasteiger partial charge is 0.310 e.